The van der Waals surface area contributed by atoms with Crippen LogP contribution in [-0.4, -0.2) is 31.9 Å². The first-order chi connectivity index (χ1) is 12.6. The number of hydrogen-bond donors (Lipinski definition) is 1. The molecule has 1 N–H and O–H groups in total. The Hall–Kier alpha value is -1.89. The Morgan fingerprint density at radius 1 is 1.27 bits per heavy atom. The largest absolute Gasteiger partial charge is 0.349 e. The van der Waals surface area contributed by atoms with Crippen LogP contribution in [0.5, 0.6) is 0 Å². The third kappa shape index (κ3) is 5.06. The Balaban J connectivity index is 1.58. The summed E-state index contributed by atoms with van der Waals surface area (Å²) in [6.07, 6.45) is 5.61. The molecule has 1 heterocycles. The van der Waals surface area contributed by atoms with E-state index in [9.17, 15) is 4.79 Å². The average Bonchev–Trinajstić information content (AvgIpc) is 3.31. The van der Waals surface area contributed by atoms with Crippen molar-refractivity contribution >= 4 is 17.7 Å². The summed E-state index contributed by atoms with van der Waals surface area (Å²) in [4.78, 5) is 12.5. The normalized spacial score (nSPS) is 16.1. The minimum Gasteiger partial charge on any atom is -0.349 e. The van der Waals surface area contributed by atoms with Gasteiger partial charge in [0.15, 0.2) is 0 Å². The number of aromatic nitrogens is 4. The molecule has 6 nitrogen and oxygen atoms in total. The minimum absolute atomic E-state index is 0.0190. The summed E-state index contributed by atoms with van der Waals surface area (Å²) < 4.78 is 1.90. The number of hydrogen-bond acceptors (Lipinski definition) is 5. The van der Waals surface area contributed by atoms with Gasteiger partial charge in [0.2, 0.25) is 11.1 Å². The lowest BCUT2D eigenvalue weighted by Gasteiger charge is -2.21. The lowest BCUT2D eigenvalue weighted by atomic mass is 9.97. The van der Waals surface area contributed by atoms with E-state index in [-0.39, 0.29) is 11.9 Å². The molecular weight excluding hydrogens is 346 g/mol. The topological polar surface area (TPSA) is 72.7 Å². The van der Waals surface area contributed by atoms with Gasteiger partial charge in [-0.3, -0.25) is 4.79 Å². The Morgan fingerprint density at radius 3 is 2.69 bits per heavy atom. The first-order valence-electron chi connectivity index (χ1n) is 9.38. The maximum Gasteiger partial charge on any atom is 0.230 e. The van der Waals surface area contributed by atoms with Gasteiger partial charge in [-0.2, -0.15) is 0 Å². The first kappa shape index (κ1) is 18.9. The van der Waals surface area contributed by atoms with Crippen molar-refractivity contribution in [2.24, 2.45) is 5.92 Å². The van der Waals surface area contributed by atoms with E-state index >= 15 is 0 Å². The Labute approximate surface area is 159 Å². The smallest absolute Gasteiger partial charge is 0.230 e. The number of nitrogens with one attached hydrogen (secondary N) is 1. The predicted molar refractivity (Wildman–Crippen MR) is 103 cm³/mol. The van der Waals surface area contributed by atoms with Crippen LogP contribution >= 0.6 is 11.8 Å². The molecule has 1 aromatic carbocycles. The standard InChI is InChI=1S/C19H27N5OS/c1-14(2)12-17(15-8-4-3-5-9-15)20-18(25)13-26-19-21-22-23-24(19)16-10-6-7-11-16/h3-5,8-9,14,16-17H,6-7,10-13H2,1-2H3,(H,20,25). The Morgan fingerprint density at radius 2 is 2.00 bits per heavy atom. The van der Waals surface area contributed by atoms with Gasteiger partial charge in [-0.05, 0) is 41.2 Å². The van der Waals surface area contributed by atoms with E-state index in [2.05, 4.69) is 46.8 Å². The quantitative estimate of drug-likeness (QED) is 0.713. The third-order valence-corrected chi connectivity index (χ3v) is 5.64. The van der Waals surface area contributed by atoms with Crippen LogP contribution in [0.25, 0.3) is 0 Å². The highest BCUT2D eigenvalue weighted by Gasteiger charge is 2.22. The summed E-state index contributed by atoms with van der Waals surface area (Å²) >= 11 is 1.42. The summed E-state index contributed by atoms with van der Waals surface area (Å²) in [5.74, 6) is 0.849. The molecule has 0 spiro atoms. The van der Waals surface area contributed by atoms with Gasteiger partial charge in [-0.15, -0.1) is 5.10 Å². The van der Waals surface area contributed by atoms with Crippen molar-refractivity contribution in [2.45, 2.75) is 63.2 Å². The van der Waals surface area contributed by atoms with Crippen LogP contribution < -0.4 is 5.32 Å². The number of carbonyl (C=O) groups excluding carboxylic acids is 1. The van der Waals surface area contributed by atoms with Crippen molar-refractivity contribution in [3.05, 3.63) is 35.9 Å². The van der Waals surface area contributed by atoms with Crippen LogP contribution in [-0.2, 0) is 4.79 Å². The second kappa shape index (κ2) is 9.16. The van der Waals surface area contributed by atoms with Crippen LogP contribution in [0, 0.1) is 5.92 Å². The molecule has 7 heteroatoms. The van der Waals surface area contributed by atoms with Crippen LogP contribution in [0.1, 0.15) is 63.6 Å². The SMILES string of the molecule is CC(C)CC(NC(=O)CSc1nnnn1C1CCCC1)c1ccccc1. The van der Waals surface area contributed by atoms with E-state index in [1.54, 1.807) is 0 Å². The van der Waals surface area contributed by atoms with Gasteiger partial charge in [0, 0.05) is 0 Å². The average molecular weight is 374 g/mol. The molecule has 1 saturated carbocycles. The summed E-state index contributed by atoms with van der Waals surface area (Å²) in [6, 6.07) is 10.6. The molecule has 26 heavy (non-hydrogen) atoms. The Kier molecular flexibility index (Phi) is 6.66. The van der Waals surface area contributed by atoms with Crippen molar-refractivity contribution in [3.8, 4) is 0 Å². The summed E-state index contributed by atoms with van der Waals surface area (Å²) in [5.41, 5.74) is 1.15. The van der Waals surface area contributed by atoms with Gasteiger partial charge >= 0.3 is 0 Å². The highest BCUT2D eigenvalue weighted by atomic mass is 32.2. The maximum absolute atomic E-state index is 12.5. The fourth-order valence-corrected chi connectivity index (χ4v) is 4.22. The number of amides is 1. The number of nitrogens with zero attached hydrogens (tertiary/aromatic N) is 4. The maximum atomic E-state index is 12.5. The predicted octanol–water partition coefficient (Wildman–Crippen LogP) is 3.78. The molecule has 2 aromatic rings. The molecule has 1 aliphatic rings. The van der Waals surface area contributed by atoms with Crippen molar-refractivity contribution in [2.75, 3.05) is 5.75 Å². The molecule has 0 bridgehead atoms. The van der Waals surface area contributed by atoms with Crippen molar-refractivity contribution in [1.29, 1.82) is 0 Å². The molecule has 140 valence electrons. The molecule has 0 saturated heterocycles. The zero-order valence-corrected chi connectivity index (χ0v) is 16.3. The highest BCUT2D eigenvalue weighted by molar-refractivity contribution is 7.99. The second-order valence-electron chi connectivity index (χ2n) is 7.29. The Bertz CT molecular complexity index is 697. The van der Waals surface area contributed by atoms with E-state index < -0.39 is 0 Å². The lowest BCUT2D eigenvalue weighted by Crippen LogP contribution is -2.31. The molecular formula is C19H27N5OS. The molecule has 1 amide bonds. The van der Waals surface area contributed by atoms with Gasteiger partial charge < -0.3 is 5.32 Å². The monoisotopic (exact) mass is 373 g/mol. The van der Waals surface area contributed by atoms with Gasteiger partial charge in [0.05, 0.1) is 17.8 Å². The summed E-state index contributed by atoms with van der Waals surface area (Å²) in [6.45, 7) is 4.35. The van der Waals surface area contributed by atoms with E-state index in [0.717, 1.165) is 30.0 Å². The molecule has 1 unspecified atom stereocenters. The molecule has 0 aliphatic heterocycles. The van der Waals surface area contributed by atoms with Gasteiger partial charge in [-0.1, -0.05) is 68.8 Å². The number of benzene rings is 1. The van der Waals surface area contributed by atoms with Gasteiger partial charge in [-0.25, -0.2) is 4.68 Å². The number of rotatable bonds is 8. The van der Waals surface area contributed by atoms with Gasteiger partial charge in [0.25, 0.3) is 0 Å². The number of carbonyl (C=O) groups is 1. The van der Waals surface area contributed by atoms with Crippen molar-refractivity contribution in [1.82, 2.24) is 25.5 Å². The summed E-state index contributed by atoms with van der Waals surface area (Å²) in [7, 11) is 0. The van der Waals surface area contributed by atoms with Crippen LogP contribution in [0.2, 0.25) is 0 Å². The van der Waals surface area contributed by atoms with Crippen molar-refractivity contribution in [3.63, 3.8) is 0 Å². The fourth-order valence-electron chi connectivity index (χ4n) is 3.46. The van der Waals surface area contributed by atoms with Crippen molar-refractivity contribution < 1.29 is 4.79 Å². The molecule has 1 aromatic heterocycles. The molecule has 3 rings (SSSR count). The zero-order chi connectivity index (χ0) is 18.4. The second-order valence-corrected chi connectivity index (χ2v) is 8.24. The van der Waals surface area contributed by atoms with Crippen LogP contribution in [0.3, 0.4) is 0 Å². The zero-order valence-electron chi connectivity index (χ0n) is 15.5. The van der Waals surface area contributed by atoms with Gasteiger partial charge in [0.1, 0.15) is 0 Å². The van der Waals surface area contributed by atoms with Crippen LogP contribution in [0.4, 0.5) is 0 Å². The van der Waals surface area contributed by atoms with Crippen LogP contribution in [0.15, 0.2) is 35.5 Å². The third-order valence-electron chi connectivity index (χ3n) is 4.71. The minimum atomic E-state index is 0.0190. The van der Waals surface area contributed by atoms with E-state index in [4.69, 9.17) is 0 Å². The van der Waals surface area contributed by atoms with E-state index in [0.29, 0.717) is 17.7 Å². The first-order valence-corrected chi connectivity index (χ1v) is 10.4. The fraction of sp³-hybridized carbons (Fsp3) is 0.579. The number of thioether (sulfide) groups is 1. The molecule has 1 atom stereocenters. The molecule has 1 aliphatic carbocycles. The molecule has 1 fully saturated rings. The number of tetrazole rings is 1. The van der Waals surface area contributed by atoms with E-state index in [1.165, 1.54) is 24.6 Å². The highest BCUT2D eigenvalue weighted by Crippen LogP contribution is 2.31. The molecule has 0 radical (unpaired) electrons. The van der Waals surface area contributed by atoms with E-state index in [1.807, 2.05) is 22.9 Å². The summed E-state index contributed by atoms with van der Waals surface area (Å²) in [5, 5.41) is 16.0. The lowest BCUT2D eigenvalue weighted by molar-refractivity contribution is -0.119.